The predicted octanol–water partition coefficient (Wildman–Crippen LogP) is 3.25. The minimum Gasteiger partial charge on any atom is -0.507 e. The van der Waals surface area contributed by atoms with E-state index in [0.29, 0.717) is 0 Å². The number of ether oxygens (including phenoxy) is 2. The summed E-state index contributed by atoms with van der Waals surface area (Å²) in [4.78, 5) is 35.0. The van der Waals surface area contributed by atoms with E-state index in [4.69, 9.17) is 21.7 Å². The van der Waals surface area contributed by atoms with Gasteiger partial charge in [0.25, 0.3) is 11.6 Å². The molecule has 1 saturated heterocycles. The number of carboxylic acids is 1. The molecule has 0 bridgehead atoms. The molecule has 13 heteroatoms. The van der Waals surface area contributed by atoms with Crippen LogP contribution in [0.4, 0.5) is 5.69 Å². The molecule has 33 heavy (non-hydrogen) atoms. The number of carbonyl (C=O) groups is 2. The quantitative estimate of drug-likeness (QED) is 0.195. The average molecular weight is 489 g/mol. The largest absolute Gasteiger partial charge is 0.507 e. The first-order valence-corrected chi connectivity index (χ1v) is 10.2. The van der Waals surface area contributed by atoms with Crippen LogP contribution in [0.15, 0.2) is 40.3 Å². The van der Waals surface area contributed by atoms with E-state index in [1.54, 1.807) is 0 Å². The summed E-state index contributed by atoms with van der Waals surface area (Å²) >= 11 is 6.05. The number of benzene rings is 2. The summed E-state index contributed by atoms with van der Waals surface area (Å²) in [6, 6.07) is 6.32. The van der Waals surface area contributed by atoms with E-state index in [0.717, 1.165) is 41.2 Å². The Morgan fingerprint density at radius 2 is 1.97 bits per heavy atom. The minimum atomic E-state index is -1.29. The number of phenolic OH excluding ortho intramolecular Hbond substituents is 1. The molecule has 11 nitrogen and oxygen atoms in total. The summed E-state index contributed by atoms with van der Waals surface area (Å²) in [6.07, 6.45) is 2.40. The number of nitro benzene ring substituents is 1. The summed E-state index contributed by atoms with van der Waals surface area (Å²) in [5, 5.41) is 35.4. The smallest absolute Gasteiger partial charge is 0.340 e. The highest BCUT2D eigenvalue weighted by Gasteiger charge is 2.32. The fraction of sp³-hybridized carbons (Fsp3) is 0.100. The molecular formula is C20H15N3O8S2. The van der Waals surface area contributed by atoms with Crippen LogP contribution in [-0.2, 0) is 4.79 Å². The summed E-state index contributed by atoms with van der Waals surface area (Å²) in [5.41, 5.74) is -0.290. The highest BCUT2D eigenvalue weighted by molar-refractivity contribution is 8.26. The first kappa shape index (κ1) is 23.7. The number of phenols is 1. The van der Waals surface area contributed by atoms with Crippen molar-refractivity contribution in [1.82, 2.24) is 5.01 Å². The number of hydrazone groups is 1. The SMILES string of the molecule is COc1ccc(/C=N/N2C(=O)/C(=C\c3cc([N+](=O)[O-])ccc3O)SC2=S)c(C(=O)O)c1OC. The van der Waals surface area contributed by atoms with Crippen LogP contribution in [-0.4, -0.2) is 56.8 Å². The standard InChI is InChI=1S/C20H15N3O8S2/c1-30-14-6-3-10(16(19(26)27)17(14)31-2)9-21-22-18(25)15(33-20(22)32)8-11-7-12(23(28)29)4-5-13(11)24/h3-9,24H,1-2H3,(H,26,27)/b15-8+,21-9+. The Labute approximate surface area is 196 Å². The normalized spacial score (nSPS) is 14.8. The molecule has 0 atom stereocenters. The molecule has 1 heterocycles. The fourth-order valence-electron chi connectivity index (χ4n) is 2.86. The first-order valence-electron chi connectivity index (χ1n) is 8.95. The van der Waals surface area contributed by atoms with Gasteiger partial charge in [0.15, 0.2) is 15.8 Å². The van der Waals surface area contributed by atoms with Gasteiger partial charge in [-0.3, -0.25) is 14.9 Å². The molecule has 3 rings (SSSR count). The highest BCUT2D eigenvalue weighted by atomic mass is 32.2. The Bertz CT molecular complexity index is 1240. The number of rotatable bonds is 7. The molecule has 0 aromatic heterocycles. The fourth-order valence-corrected chi connectivity index (χ4v) is 4.03. The van der Waals surface area contributed by atoms with Crippen molar-refractivity contribution < 1.29 is 34.2 Å². The third-order valence-electron chi connectivity index (χ3n) is 4.39. The predicted molar refractivity (Wildman–Crippen MR) is 124 cm³/mol. The Morgan fingerprint density at radius 1 is 1.24 bits per heavy atom. The summed E-state index contributed by atoms with van der Waals surface area (Å²) < 4.78 is 10.3. The van der Waals surface area contributed by atoms with Crippen LogP contribution >= 0.6 is 24.0 Å². The molecule has 170 valence electrons. The van der Waals surface area contributed by atoms with E-state index in [-0.39, 0.29) is 48.9 Å². The van der Waals surface area contributed by atoms with Gasteiger partial charge in [0.2, 0.25) is 0 Å². The molecule has 1 fully saturated rings. The van der Waals surface area contributed by atoms with Crippen molar-refractivity contribution in [2.45, 2.75) is 0 Å². The van der Waals surface area contributed by atoms with Crippen LogP contribution in [0.1, 0.15) is 21.5 Å². The van der Waals surface area contributed by atoms with Crippen molar-refractivity contribution in [3.63, 3.8) is 0 Å². The topological polar surface area (TPSA) is 152 Å². The van der Waals surface area contributed by atoms with Gasteiger partial charge in [-0.1, -0.05) is 11.8 Å². The van der Waals surface area contributed by atoms with Crippen LogP contribution in [0.25, 0.3) is 6.08 Å². The zero-order chi connectivity index (χ0) is 24.3. The van der Waals surface area contributed by atoms with Gasteiger partial charge in [-0.15, -0.1) is 0 Å². The summed E-state index contributed by atoms with van der Waals surface area (Å²) in [7, 11) is 2.66. The van der Waals surface area contributed by atoms with Crippen molar-refractivity contribution in [1.29, 1.82) is 0 Å². The van der Waals surface area contributed by atoms with Gasteiger partial charge in [0, 0.05) is 23.3 Å². The van der Waals surface area contributed by atoms with Gasteiger partial charge in [-0.2, -0.15) is 10.1 Å². The monoisotopic (exact) mass is 489 g/mol. The maximum Gasteiger partial charge on any atom is 0.340 e. The number of hydrogen-bond donors (Lipinski definition) is 2. The molecule has 0 radical (unpaired) electrons. The molecule has 2 aromatic carbocycles. The van der Waals surface area contributed by atoms with Crippen molar-refractivity contribution in [3.05, 3.63) is 62.0 Å². The second-order valence-corrected chi connectivity index (χ2v) is 7.98. The molecule has 2 aromatic rings. The van der Waals surface area contributed by atoms with Gasteiger partial charge in [0.05, 0.1) is 30.3 Å². The second kappa shape index (κ2) is 9.67. The molecule has 0 aliphatic carbocycles. The molecule has 2 N–H and O–H groups in total. The van der Waals surface area contributed by atoms with Crippen LogP contribution in [0.5, 0.6) is 17.2 Å². The van der Waals surface area contributed by atoms with E-state index in [9.17, 15) is 29.9 Å². The highest BCUT2D eigenvalue weighted by Crippen LogP contribution is 2.36. The average Bonchev–Trinajstić information content (AvgIpc) is 3.04. The number of thioether (sulfide) groups is 1. The van der Waals surface area contributed by atoms with Crippen molar-refractivity contribution >= 4 is 58.2 Å². The van der Waals surface area contributed by atoms with Crippen LogP contribution in [0, 0.1) is 10.1 Å². The van der Waals surface area contributed by atoms with Gasteiger partial charge in [-0.25, -0.2) is 4.79 Å². The number of methoxy groups -OCH3 is 2. The molecule has 1 aliphatic rings. The van der Waals surface area contributed by atoms with E-state index < -0.39 is 16.8 Å². The second-order valence-electron chi connectivity index (χ2n) is 6.31. The third kappa shape index (κ3) is 4.78. The Morgan fingerprint density at radius 3 is 2.58 bits per heavy atom. The van der Waals surface area contributed by atoms with Crippen LogP contribution in [0.2, 0.25) is 0 Å². The number of non-ortho nitro benzene ring substituents is 1. The van der Waals surface area contributed by atoms with E-state index >= 15 is 0 Å². The van der Waals surface area contributed by atoms with Gasteiger partial charge in [0.1, 0.15) is 11.3 Å². The van der Waals surface area contributed by atoms with Gasteiger partial charge >= 0.3 is 5.97 Å². The van der Waals surface area contributed by atoms with Crippen LogP contribution in [0.3, 0.4) is 0 Å². The number of nitrogens with zero attached hydrogens (tertiary/aromatic N) is 3. The Balaban J connectivity index is 1.95. The lowest BCUT2D eigenvalue weighted by Crippen LogP contribution is -2.22. The van der Waals surface area contributed by atoms with Crippen molar-refractivity contribution in [3.8, 4) is 17.2 Å². The van der Waals surface area contributed by atoms with Crippen molar-refractivity contribution in [2.24, 2.45) is 5.10 Å². The molecule has 0 spiro atoms. The van der Waals surface area contributed by atoms with E-state index in [1.807, 2.05) is 0 Å². The molecule has 0 saturated carbocycles. The number of aromatic hydroxyl groups is 1. The first-order chi connectivity index (χ1) is 15.7. The summed E-state index contributed by atoms with van der Waals surface area (Å²) in [5.74, 6) is -2.01. The zero-order valence-electron chi connectivity index (χ0n) is 17.0. The lowest BCUT2D eigenvalue weighted by Gasteiger charge is -2.13. The van der Waals surface area contributed by atoms with Gasteiger partial charge in [-0.05, 0) is 36.5 Å². The number of thiocarbonyl (C=S) groups is 1. The summed E-state index contributed by atoms with van der Waals surface area (Å²) in [6.45, 7) is 0. The van der Waals surface area contributed by atoms with Crippen molar-refractivity contribution in [2.75, 3.05) is 14.2 Å². The Hall–Kier alpha value is -3.97. The molecule has 1 amide bonds. The minimum absolute atomic E-state index is 0.0135. The number of carbonyl (C=O) groups excluding carboxylic acids is 1. The maximum atomic E-state index is 12.8. The zero-order valence-corrected chi connectivity index (χ0v) is 18.7. The molecule has 1 aliphatic heterocycles. The number of aromatic carboxylic acids is 1. The number of hydrogen-bond acceptors (Lipinski definition) is 10. The number of carboxylic acid groups (broad SMARTS) is 1. The number of amides is 1. The van der Waals surface area contributed by atoms with E-state index in [1.165, 1.54) is 32.4 Å². The Kier molecular flexibility index (Phi) is 6.94. The molecule has 0 unspecified atom stereocenters. The van der Waals surface area contributed by atoms with E-state index in [2.05, 4.69) is 5.10 Å². The third-order valence-corrected chi connectivity index (χ3v) is 5.67. The van der Waals surface area contributed by atoms with Crippen LogP contribution < -0.4 is 9.47 Å². The lowest BCUT2D eigenvalue weighted by molar-refractivity contribution is -0.384. The molecular weight excluding hydrogens is 474 g/mol. The van der Waals surface area contributed by atoms with Gasteiger partial charge < -0.3 is 19.7 Å². The lowest BCUT2D eigenvalue weighted by atomic mass is 10.1. The number of nitro groups is 1. The maximum absolute atomic E-state index is 12.8.